The van der Waals surface area contributed by atoms with Crippen LogP contribution in [0.4, 0.5) is 0 Å². The van der Waals surface area contributed by atoms with Crippen molar-refractivity contribution in [1.82, 2.24) is 4.67 Å². The summed E-state index contributed by atoms with van der Waals surface area (Å²) in [6, 6.07) is 16.4. The molecule has 0 N–H and O–H groups in total. The first kappa shape index (κ1) is 24.8. The highest BCUT2D eigenvalue weighted by Crippen LogP contribution is 2.44. The molecule has 3 rings (SSSR count). The molecule has 6 heteroatoms. The first-order valence-corrected chi connectivity index (χ1v) is 14.7. The van der Waals surface area contributed by atoms with Crippen LogP contribution in [0.5, 0.6) is 0 Å². The SMILES string of the molecule is CC(C)(C)[S@@](=O)c1ccccc1P(c1ccccc1[S@](=O)C(C)(C)C)N1CCCCC1. The molecule has 2 atom stereocenters. The van der Waals surface area contributed by atoms with Gasteiger partial charge >= 0.3 is 0 Å². The van der Waals surface area contributed by atoms with Gasteiger partial charge in [0.15, 0.2) is 0 Å². The molecule has 1 aliphatic rings. The Balaban J connectivity index is 2.23. The Kier molecular flexibility index (Phi) is 7.95. The molecule has 1 saturated heterocycles. The van der Waals surface area contributed by atoms with Gasteiger partial charge in [-0.3, -0.25) is 13.1 Å². The largest absolute Gasteiger partial charge is 0.275 e. The molecule has 3 nitrogen and oxygen atoms in total. The Bertz CT molecular complexity index is 887. The molecule has 0 bridgehead atoms. The van der Waals surface area contributed by atoms with Crippen molar-refractivity contribution in [3.05, 3.63) is 48.5 Å². The van der Waals surface area contributed by atoms with Gasteiger partial charge in [-0.05, 0) is 66.5 Å². The van der Waals surface area contributed by atoms with E-state index in [-0.39, 0.29) is 9.49 Å². The Morgan fingerprint density at radius 1 is 0.677 bits per heavy atom. The van der Waals surface area contributed by atoms with Gasteiger partial charge in [-0.1, -0.05) is 42.8 Å². The van der Waals surface area contributed by atoms with Crippen LogP contribution in [0.15, 0.2) is 58.3 Å². The Morgan fingerprint density at radius 3 is 1.45 bits per heavy atom. The van der Waals surface area contributed by atoms with Crippen LogP contribution in [0.3, 0.4) is 0 Å². The van der Waals surface area contributed by atoms with Crippen LogP contribution in [0.25, 0.3) is 0 Å². The molecule has 0 saturated carbocycles. The van der Waals surface area contributed by atoms with E-state index in [9.17, 15) is 8.42 Å². The summed E-state index contributed by atoms with van der Waals surface area (Å²) in [5, 5.41) is 2.29. The maximum atomic E-state index is 13.5. The van der Waals surface area contributed by atoms with Crippen molar-refractivity contribution < 1.29 is 8.42 Å². The molecule has 170 valence electrons. The van der Waals surface area contributed by atoms with E-state index in [4.69, 9.17) is 0 Å². The first-order valence-electron chi connectivity index (χ1n) is 11.1. The normalized spacial score (nSPS) is 18.2. The predicted octanol–water partition coefficient (Wildman–Crippen LogP) is 5.33. The van der Waals surface area contributed by atoms with Crippen LogP contribution < -0.4 is 10.6 Å². The number of hydrogen-bond acceptors (Lipinski definition) is 3. The Labute approximate surface area is 194 Å². The predicted molar refractivity (Wildman–Crippen MR) is 137 cm³/mol. The molecule has 0 radical (unpaired) electrons. The second-order valence-corrected chi connectivity index (χ2v) is 16.6. The monoisotopic (exact) mass is 477 g/mol. The van der Waals surface area contributed by atoms with E-state index in [0.29, 0.717) is 0 Å². The molecule has 0 aliphatic carbocycles. The van der Waals surface area contributed by atoms with Crippen LogP contribution >= 0.6 is 8.07 Å². The van der Waals surface area contributed by atoms with E-state index in [1.54, 1.807) is 0 Å². The van der Waals surface area contributed by atoms with Crippen LogP contribution in [0.1, 0.15) is 60.8 Å². The fourth-order valence-electron chi connectivity index (χ4n) is 3.75. The molecule has 31 heavy (non-hydrogen) atoms. The number of piperidine rings is 1. The second-order valence-electron chi connectivity index (χ2n) is 10.0. The minimum Gasteiger partial charge on any atom is -0.275 e. The van der Waals surface area contributed by atoms with E-state index in [1.165, 1.54) is 19.3 Å². The highest BCUT2D eigenvalue weighted by atomic mass is 32.2. The molecule has 0 amide bonds. The summed E-state index contributed by atoms with van der Waals surface area (Å²) in [4.78, 5) is 1.84. The number of rotatable bonds is 5. The van der Waals surface area contributed by atoms with Crippen molar-refractivity contribution in [2.45, 2.75) is 80.1 Å². The van der Waals surface area contributed by atoms with E-state index in [0.717, 1.165) is 33.5 Å². The minimum atomic E-state index is -1.13. The second kappa shape index (κ2) is 9.95. The van der Waals surface area contributed by atoms with Gasteiger partial charge in [0, 0.05) is 51.1 Å². The third kappa shape index (κ3) is 5.74. The van der Waals surface area contributed by atoms with E-state index in [2.05, 4.69) is 28.9 Å². The van der Waals surface area contributed by atoms with Crippen molar-refractivity contribution in [3.8, 4) is 0 Å². The van der Waals surface area contributed by atoms with Gasteiger partial charge in [0.1, 0.15) is 0 Å². The molecule has 1 fully saturated rings. The minimum absolute atomic E-state index is 0.341. The summed E-state index contributed by atoms with van der Waals surface area (Å²) in [6.07, 6.45) is 3.60. The summed E-state index contributed by atoms with van der Waals surface area (Å²) in [7, 11) is -3.19. The Hall–Kier alpha value is -0.870. The molecular weight excluding hydrogens is 441 g/mol. The smallest absolute Gasteiger partial charge is 0.0590 e. The zero-order chi connectivity index (χ0) is 22.8. The standard InChI is InChI=1S/C25H36NO2PS2/c1-24(2,3)30(27)22-16-10-8-14-20(22)29(26-18-12-7-13-19-26)21-15-9-11-17-23(21)31(28)25(4,5)6/h8-11,14-17H,7,12-13,18-19H2,1-6H3/t30-,31-/m0/s1. The van der Waals surface area contributed by atoms with Crippen LogP contribution in [0.2, 0.25) is 0 Å². The van der Waals surface area contributed by atoms with Crippen LogP contribution in [-0.2, 0) is 21.6 Å². The first-order chi connectivity index (χ1) is 14.5. The number of hydrogen-bond donors (Lipinski definition) is 0. The highest BCUT2D eigenvalue weighted by Gasteiger charge is 2.34. The highest BCUT2D eigenvalue weighted by molar-refractivity contribution is 7.88. The van der Waals surface area contributed by atoms with Crippen molar-refractivity contribution in [3.63, 3.8) is 0 Å². The van der Waals surface area contributed by atoms with Gasteiger partial charge in [-0.2, -0.15) is 0 Å². The molecule has 2 aromatic rings. The van der Waals surface area contributed by atoms with Crippen molar-refractivity contribution in [1.29, 1.82) is 0 Å². The van der Waals surface area contributed by atoms with E-state index >= 15 is 0 Å². The zero-order valence-corrected chi connectivity index (χ0v) is 22.2. The third-order valence-electron chi connectivity index (χ3n) is 5.31. The topological polar surface area (TPSA) is 37.4 Å². The zero-order valence-electron chi connectivity index (χ0n) is 19.7. The van der Waals surface area contributed by atoms with Crippen LogP contribution in [0, 0.1) is 0 Å². The molecule has 0 aromatic heterocycles. The van der Waals surface area contributed by atoms with Crippen molar-refractivity contribution in [2.24, 2.45) is 0 Å². The lowest BCUT2D eigenvalue weighted by molar-refractivity contribution is 0.373. The van der Waals surface area contributed by atoms with E-state index in [1.807, 2.05) is 65.8 Å². The molecule has 0 spiro atoms. The summed E-state index contributed by atoms with van der Waals surface area (Å²) >= 11 is 0. The summed E-state index contributed by atoms with van der Waals surface area (Å²) in [6.45, 7) is 14.3. The average molecular weight is 478 g/mol. The molecule has 1 aliphatic heterocycles. The van der Waals surface area contributed by atoms with Crippen molar-refractivity contribution in [2.75, 3.05) is 13.1 Å². The van der Waals surface area contributed by atoms with Crippen molar-refractivity contribution >= 4 is 40.3 Å². The summed E-state index contributed by atoms with van der Waals surface area (Å²) in [5.41, 5.74) is 0. The van der Waals surface area contributed by atoms with Crippen LogP contribution in [-0.4, -0.2) is 35.7 Å². The number of benzene rings is 2. The van der Waals surface area contributed by atoms with Gasteiger partial charge in [-0.15, -0.1) is 0 Å². The fraction of sp³-hybridized carbons (Fsp3) is 0.520. The lowest BCUT2D eigenvalue weighted by Crippen LogP contribution is -2.37. The fourth-order valence-corrected chi connectivity index (χ4v) is 9.58. The lowest BCUT2D eigenvalue weighted by atomic mass is 10.2. The van der Waals surface area contributed by atoms with E-state index < -0.39 is 29.7 Å². The molecule has 2 aromatic carbocycles. The summed E-state index contributed by atoms with van der Waals surface area (Å²) < 4.78 is 28.9. The average Bonchev–Trinajstić information content (AvgIpc) is 2.73. The van der Waals surface area contributed by atoms with Gasteiger partial charge in [0.25, 0.3) is 0 Å². The maximum Gasteiger partial charge on any atom is 0.0590 e. The maximum absolute atomic E-state index is 13.5. The molecule has 0 unspecified atom stereocenters. The third-order valence-corrected chi connectivity index (χ3v) is 12.0. The lowest BCUT2D eigenvalue weighted by Gasteiger charge is -2.37. The number of nitrogens with zero attached hydrogens (tertiary/aromatic N) is 1. The molecule has 1 heterocycles. The van der Waals surface area contributed by atoms with Gasteiger partial charge in [0.05, 0.1) is 21.6 Å². The van der Waals surface area contributed by atoms with Gasteiger partial charge in [0.2, 0.25) is 0 Å². The summed E-state index contributed by atoms with van der Waals surface area (Å²) in [5.74, 6) is 0. The van der Waals surface area contributed by atoms with Gasteiger partial charge < -0.3 is 0 Å². The van der Waals surface area contributed by atoms with Gasteiger partial charge in [-0.25, -0.2) is 0 Å². The quantitative estimate of drug-likeness (QED) is 0.546. The molecular formula is C25H36NO2PS2. The Morgan fingerprint density at radius 2 is 1.06 bits per heavy atom.